The molecule has 0 aromatic rings. The first kappa shape index (κ1) is 26.4. The number of carbonyl (C=O) groups excluding carboxylic acids is 5. The summed E-state index contributed by atoms with van der Waals surface area (Å²) in [5, 5.41) is 8.11. The molecule has 11 nitrogen and oxygen atoms in total. The average molecular weight is 468 g/mol. The molecule has 0 unspecified atom stereocenters. The van der Waals surface area contributed by atoms with E-state index in [0.29, 0.717) is 12.8 Å². The van der Waals surface area contributed by atoms with Gasteiger partial charge in [0.1, 0.15) is 12.1 Å². The van der Waals surface area contributed by atoms with E-state index in [-0.39, 0.29) is 18.2 Å². The lowest BCUT2D eigenvalue weighted by Crippen LogP contribution is -2.56. The van der Waals surface area contributed by atoms with Crippen LogP contribution in [0.3, 0.4) is 0 Å². The van der Waals surface area contributed by atoms with Crippen molar-refractivity contribution < 1.29 is 28.7 Å². The highest BCUT2D eigenvalue weighted by molar-refractivity contribution is 5.93. The van der Waals surface area contributed by atoms with E-state index < -0.39 is 58.9 Å². The lowest BCUT2D eigenvalue weighted by atomic mass is 9.88. The Kier molecular flexibility index (Phi) is 7.97. The molecule has 4 atom stereocenters. The zero-order valence-electron chi connectivity index (χ0n) is 20.0. The summed E-state index contributed by atoms with van der Waals surface area (Å²) in [4.78, 5) is 61.5. The Morgan fingerprint density at radius 3 is 2.06 bits per heavy atom. The second kappa shape index (κ2) is 9.96. The molecule has 5 amide bonds. The van der Waals surface area contributed by atoms with Crippen LogP contribution in [0.15, 0.2) is 0 Å². The van der Waals surface area contributed by atoms with Crippen LogP contribution in [0.1, 0.15) is 66.7 Å². The van der Waals surface area contributed by atoms with Crippen molar-refractivity contribution in [3.05, 3.63) is 0 Å². The fourth-order valence-electron chi connectivity index (χ4n) is 4.09. The number of carbonyl (C=O) groups is 5. The van der Waals surface area contributed by atoms with Crippen LogP contribution < -0.4 is 27.4 Å². The van der Waals surface area contributed by atoms with Crippen LogP contribution >= 0.6 is 0 Å². The van der Waals surface area contributed by atoms with Gasteiger partial charge in [0.15, 0.2) is 6.10 Å². The van der Waals surface area contributed by atoms with E-state index in [9.17, 15) is 24.0 Å². The standard InChI is InChI=1S/C22H37N5O6/c1-21(2,3)15(33-20(24)32)19(31)26-14(8-11-6-7-11)18(30)25-13(16(23)28)9-12-10-22(4,5)27-17(12)29/h11-15H,6-10H2,1-5H3,(H2,23,28)(H2,24,32)(H,25,30)(H,26,31)(H,27,29)/t12-,13+,14+,15-/m1/s1. The van der Waals surface area contributed by atoms with Gasteiger partial charge in [-0.25, -0.2) is 4.79 Å². The zero-order valence-corrected chi connectivity index (χ0v) is 20.0. The van der Waals surface area contributed by atoms with Gasteiger partial charge in [0.05, 0.1) is 0 Å². The van der Waals surface area contributed by atoms with E-state index in [1.165, 1.54) is 0 Å². The highest BCUT2D eigenvalue weighted by Gasteiger charge is 2.41. The summed E-state index contributed by atoms with van der Waals surface area (Å²) in [6.07, 6.45) is 0.489. The summed E-state index contributed by atoms with van der Waals surface area (Å²) in [6, 6.07) is -2.02. The lowest BCUT2D eigenvalue weighted by molar-refractivity contribution is -0.139. The Bertz CT molecular complexity index is 802. The minimum absolute atomic E-state index is 0.0653. The minimum atomic E-state index is -1.21. The molecule has 2 rings (SSSR count). The van der Waals surface area contributed by atoms with E-state index in [2.05, 4.69) is 16.0 Å². The molecule has 33 heavy (non-hydrogen) atoms. The fraction of sp³-hybridized carbons (Fsp3) is 0.773. The monoisotopic (exact) mass is 467 g/mol. The first-order chi connectivity index (χ1) is 15.1. The van der Waals surface area contributed by atoms with Gasteiger partial charge in [-0.1, -0.05) is 33.6 Å². The summed E-state index contributed by atoms with van der Waals surface area (Å²) < 4.78 is 4.99. The van der Waals surface area contributed by atoms with E-state index >= 15 is 0 Å². The van der Waals surface area contributed by atoms with Crippen LogP contribution in [0.25, 0.3) is 0 Å². The van der Waals surface area contributed by atoms with E-state index in [4.69, 9.17) is 16.2 Å². The first-order valence-corrected chi connectivity index (χ1v) is 11.3. The molecule has 0 radical (unpaired) electrons. The molecule has 1 heterocycles. The second-order valence-corrected chi connectivity index (χ2v) is 10.9. The van der Waals surface area contributed by atoms with Crippen molar-refractivity contribution in [3.63, 3.8) is 0 Å². The molecule has 186 valence electrons. The molecule has 2 aliphatic rings. The Morgan fingerprint density at radius 1 is 1.06 bits per heavy atom. The third-order valence-corrected chi connectivity index (χ3v) is 5.93. The Labute approximate surface area is 194 Å². The van der Waals surface area contributed by atoms with Crippen molar-refractivity contribution in [2.75, 3.05) is 0 Å². The molecule has 11 heteroatoms. The summed E-state index contributed by atoms with van der Waals surface area (Å²) >= 11 is 0. The predicted molar refractivity (Wildman–Crippen MR) is 119 cm³/mol. The molecule has 1 saturated carbocycles. The lowest BCUT2D eigenvalue weighted by Gasteiger charge is -2.30. The normalized spacial score (nSPS) is 22.5. The van der Waals surface area contributed by atoms with Gasteiger partial charge in [0.2, 0.25) is 17.7 Å². The third-order valence-electron chi connectivity index (χ3n) is 5.93. The molecule has 0 aromatic heterocycles. The van der Waals surface area contributed by atoms with Gasteiger partial charge < -0.3 is 32.2 Å². The molecular weight excluding hydrogens is 430 g/mol. The van der Waals surface area contributed by atoms with E-state index in [1.54, 1.807) is 20.8 Å². The van der Waals surface area contributed by atoms with Gasteiger partial charge in [0.25, 0.3) is 5.91 Å². The maximum atomic E-state index is 13.1. The molecule has 1 saturated heterocycles. The molecule has 1 aliphatic carbocycles. The fourth-order valence-corrected chi connectivity index (χ4v) is 4.09. The van der Waals surface area contributed by atoms with Crippen molar-refractivity contribution in [3.8, 4) is 0 Å². The number of hydrogen-bond acceptors (Lipinski definition) is 6. The largest absolute Gasteiger partial charge is 0.436 e. The Hall–Kier alpha value is -2.85. The maximum Gasteiger partial charge on any atom is 0.405 e. The number of rotatable bonds is 10. The second-order valence-electron chi connectivity index (χ2n) is 10.9. The van der Waals surface area contributed by atoms with Crippen LogP contribution in [0.4, 0.5) is 4.79 Å². The summed E-state index contributed by atoms with van der Waals surface area (Å²) in [7, 11) is 0. The number of nitrogens with one attached hydrogen (secondary N) is 3. The SMILES string of the molecule is CC1(C)C[C@@H](C[C@H](NC(=O)[C@H](CC2CC2)NC(=O)[C@@H](OC(N)=O)C(C)(C)C)C(N)=O)C(=O)N1. The van der Waals surface area contributed by atoms with Gasteiger partial charge in [0, 0.05) is 16.9 Å². The number of ether oxygens (including phenoxy) is 1. The van der Waals surface area contributed by atoms with Crippen LogP contribution in [0, 0.1) is 17.3 Å². The van der Waals surface area contributed by atoms with Crippen molar-refractivity contribution in [2.24, 2.45) is 28.7 Å². The molecule has 0 bridgehead atoms. The molecular formula is C22H37N5O6. The molecule has 7 N–H and O–H groups in total. The van der Waals surface area contributed by atoms with Crippen molar-refractivity contribution >= 4 is 29.7 Å². The van der Waals surface area contributed by atoms with Crippen molar-refractivity contribution in [1.82, 2.24) is 16.0 Å². The average Bonchev–Trinajstić information content (AvgIpc) is 3.41. The first-order valence-electron chi connectivity index (χ1n) is 11.3. The summed E-state index contributed by atoms with van der Waals surface area (Å²) in [5.74, 6) is -2.40. The number of primary amides is 2. The smallest absolute Gasteiger partial charge is 0.405 e. The zero-order chi connectivity index (χ0) is 25.1. The van der Waals surface area contributed by atoms with Crippen molar-refractivity contribution in [2.45, 2.75) is 90.4 Å². The van der Waals surface area contributed by atoms with Gasteiger partial charge >= 0.3 is 6.09 Å². The summed E-state index contributed by atoms with van der Waals surface area (Å²) in [6.45, 7) is 8.86. The molecule has 0 spiro atoms. The van der Waals surface area contributed by atoms with Crippen LogP contribution in [-0.4, -0.2) is 53.4 Å². The van der Waals surface area contributed by atoms with Gasteiger partial charge in [-0.15, -0.1) is 0 Å². The van der Waals surface area contributed by atoms with Crippen LogP contribution in [-0.2, 0) is 23.9 Å². The number of amides is 5. The highest BCUT2D eigenvalue weighted by Crippen LogP contribution is 2.34. The minimum Gasteiger partial charge on any atom is -0.436 e. The number of hydrogen-bond donors (Lipinski definition) is 5. The Morgan fingerprint density at radius 2 is 1.64 bits per heavy atom. The van der Waals surface area contributed by atoms with Gasteiger partial charge in [-0.05, 0) is 39.0 Å². The molecule has 2 fully saturated rings. The van der Waals surface area contributed by atoms with E-state index in [1.807, 2.05) is 13.8 Å². The van der Waals surface area contributed by atoms with Crippen LogP contribution in [0.2, 0.25) is 0 Å². The van der Waals surface area contributed by atoms with Gasteiger partial charge in [-0.2, -0.15) is 0 Å². The summed E-state index contributed by atoms with van der Waals surface area (Å²) in [5.41, 5.74) is 9.45. The predicted octanol–water partition coefficient (Wildman–Crippen LogP) is 0.0562. The van der Waals surface area contributed by atoms with Gasteiger partial charge in [-0.3, -0.25) is 19.2 Å². The third kappa shape index (κ3) is 7.90. The molecule has 0 aromatic carbocycles. The Balaban J connectivity index is 2.11. The maximum absolute atomic E-state index is 13.1. The number of nitrogens with two attached hydrogens (primary N) is 2. The topological polar surface area (TPSA) is 183 Å². The molecule has 1 aliphatic heterocycles. The highest BCUT2D eigenvalue weighted by atomic mass is 16.6. The van der Waals surface area contributed by atoms with E-state index in [0.717, 1.165) is 12.8 Å². The van der Waals surface area contributed by atoms with Crippen LogP contribution in [0.5, 0.6) is 0 Å². The quantitative estimate of drug-likeness (QED) is 0.302. The van der Waals surface area contributed by atoms with Crippen molar-refractivity contribution in [1.29, 1.82) is 0 Å².